The first kappa shape index (κ1) is 12.6. The predicted octanol–water partition coefficient (Wildman–Crippen LogP) is 0.948. The van der Waals surface area contributed by atoms with E-state index < -0.39 is 0 Å². The van der Waals surface area contributed by atoms with Gasteiger partial charge in [-0.2, -0.15) is 0 Å². The molecule has 1 saturated heterocycles. The summed E-state index contributed by atoms with van der Waals surface area (Å²) in [6.45, 7) is 2.22. The first-order valence-corrected chi connectivity index (χ1v) is 6.90. The summed E-state index contributed by atoms with van der Waals surface area (Å²) >= 11 is 0. The molecule has 0 aromatic heterocycles. The number of fused-ring (bicyclic) bond motifs is 1. The Morgan fingerprint density at radius 1 is 1.37 bits per heavy atom. The topological polar surface area (TPSA) is 41.6 Å². The molecule has 1 aromatic carbocycles. The van der Waals surface area contributed by atoms with Crippen molar-refractivity contribution < 1.29 is 9.53 Å². The molecule has 2 aliphatic heterocycles. The summed E-state index contributed by atoms with van der Waals surface area (Å²) in [6, 6.07) is 8.48. The van der Waals surface area contributed by atoms with Gasteiger partial charge in [0.1, 0.15) is 0 Å². The molecule has 2 heterocycles. The molecule has 2 unspecified atom stereocenters. The third-order valence-corrected chi connectivity index (χ3v) is 4.18. The molecular weight excluding hydrogens is 240 g/mol. The Hall–Kier alpha value is -1.39. The van der Waals surface area contributed by atoms with Gasteiger partial charge in [-0.05, 0) is 24.0 Å². The molecule has 0 radical (unpaired) electrons. The fourth-order valence-corrected chi connectivity index (χ4v) is 2.88. The Bertz CT molecular complexity index is 469. The van der Waals surface area contributed by atoms with Crippen LogP contribution in [0.15, 0.2) is 24.3 Å². The van der Waals surface area contributed by atoms with Gasteiger partial charge in [-0.15, -0.1) is 0 Å². The van der Waals surface area contributed by atoms with Crippen molar-refractivity contribution in [1.29, 1.82) is 0 Å². The van der Waals surface area contributed by atoms with E-state index in [1.54, 1.807) is 0 Å². The predicted molar refractivity (Wildman–Crippen MR) is 72.8 cm³/mol. The number of carbonyl (C=O) groups is 1. The highest BCUT2D eigenvalue weighted by atomic mass is 16.5. The maximum absolute atomic E-state index is 12.5. The molecule has 4 heteroatoms. The van der Waals surface area contributed by atoms with Crippen LogP contribution in [0.1, 0.15) is 17.5 Å². The second-order valence-corrected chi connectivity index (χ2v) is 5.37. The van der Waals surface area contributed by atoms with Crippen LogP contribution < -0.4 is 5.32 Å². The van der Waals surface area contributed by atoms with Crippen molar-refractivity contribution in [2.45, 2.75) is 31.5 Å². The standard InChI is InChI=1S/C15H20N2O2/c1-17(13-6-7-19-10-13)15(18)14-8-11-4-2-3-5-12(11)9-16-14/h2-5,13-14,16H,6-10H2,1H3. The van der Waals surface area contributed by atoms with Crippen molar-refractivity contribution in [2.75, 3.05) is 20.3 Å². The number of likely N-dealkylation sites (N-methyl/N-ethyl adjacent to an activating group) is 1. The van der Waals surface area contributed by atoms with E-state index in [0.29, 0.717) is 6.61 Å². The number of amides is 1. The largest absolute Gasteiger partial charge is 0.379 e. The van der Waals surface area contributed by atoms with Crippen molar-refractivity contribution >= 4 is 5.91 Å². The maximum Gasteiger partial charge on any atom is 0.240 e. The van der Waals surface area contributed by atoms with E-state index in [1.165, 1.54) is 11.1 Å². The highest BCUT2D eigenvalue weighted by molar-refractivity contribution is 5.82. The minimum Gasteiger partial charge on any atom is -0.379 e. The minimum atomic E-state index is -0.0968. The summed E-state index contributed by atoms with van der Waals surface area (Å²) in [5.74, 6) is 0.185. The first-order chi connectivity index (χ1) is 9.25. The van der Waals surface area contributed by atoms with Crippen LogP contribution in [0.4, 0.5) is 0 Å². The summed E-state index contributed by atoms with van der Waals surface area (Å²) in [5.41, 5.74) is 2.59. The zero-order valence-electron chi connectivity index (χ0n) is 11.3. The van der Waals surface area contributed by atoms with Crippen LogP contribution in [0.3, 0.4) is 0 Å². The van der Waals surface area contributed by atoms with E-state index in [-0.39, 0.29) is 18.0 Å². The van der Waals surface area contributed by atoms with Gasteiger partial charge in [-0.1, -0.05) is 24.3 Å². The Labute approximate surface area is 113 Å². The van der Waals surface area contributed by atoms with Crippen molar-refractivity contribution in [3.8, 4) is 0 Å². The number of nitrogens with zero attached hydrogens (tertiary/aromatic N) is 1. The van der Waals surface area contributed by atoms with E-state index in [0.717, 1.165) is 26.0 Å². The normalized spacial score (nSPS) is 25.9. The summed E-state index contributed by atoms with van der Waals surface area (Å²) in [5, 5.41) is 3.35. The van der Waals surface area contributed by atoms with Crippen LogP contribution in [0.5, 0.6) is 0 Å². The third kappa shape index (κ3) is 2.51. The Morgan fingerprint density at radius 2 is 2.16 bits per heavy atom. The Morgan fingerprint density at radius 3 is 2.89 bits per heavy atom. The van der Waals surface area contributed by atoms with Gasteiger partial charge in [0.15, 0.2) is 0 Å². The number of hydrogen-bond acceptors (Lipinski definition) is 3. The van der Waals surface area contributed by atoms with Gasteiger partial charge in [0.2, 0.25) is 5.91 Å². The quantitative estimate of drug-likeness (QED) is 0.861. The Balaban J connectivity index is 1.68. The van der Waals surface area contributed by atoms with Crippen molar-refractivity contribution in [3.63, 3.8) is 0 Å². The molecule has 1 fully saturated rings. The molecule has 1 amide bonds. The molecule has 1 N–H and O–H groups in total. The molecule has 1 aromatic rings. The monoisotopic (exact) mass is 260 g/mol. The van der Waals surface area contributed by atoms with E-state index in [4.69, 9.17) is 4.74 Å². The molecule has 2 aliphatic rings. The molecule has 4 nitrogen and oxygen atoms in total. The lowest BCUT2D eigenvalue weighted by Crippen LogP contribution is -2.51. The molecule has 2 atom stereocenters. The van der Waals surface area contributed by atoms with E-state index in [9.17, 15) is 4.79 Å². The number of hydrogen-bond donors (Lipinski definition) is 1. The van der Waals surface area contributed by atoms with Crippen molar-refractivity contribution in [2.24, 2.45) is 0 Å². The first-order valence-electron chi connectivity index (χ1n) is 6.90. The van der Waals surface area contributed by atoms with E-state index in [1.807, 2.05) is 24.1 Å². The lowest BCUT2D eigenvalue weighted by Gasteiger charge is -2.31. The summed E-state index contributed by atoms with van der Waals surface area (Å²) in [4.78, 5) is 14.4. The van der Waals surface area contributed by atoms with Gasteiger partial charge in [0, 0.05) is 20.2 Å². The van der Waals surface area contributed by atoms with Crippen LogP contribution in [-0.2, 0) is 22.5 Å². The highest BCUT2D eigenvalue weighted by Crippen LogP contribution is 2.19. The second kappa shape index (κ2) is 5.31. The lowest BCUT2D eigenvalue weighted by atomic mass is 9.95. The van der Waals surface area contributed by atoms with Crippen LogP contribution in [-0.4, -0.2) is 43.2 Å². The SMILES string of the molecule is CN(C(=O)C1Cc2ccccc2CN1)C1CCOC1. The molecule has 0 saturated carbocycles. The van der Waals surface area contributed by atoms with Gasteiger partial charge in [-0.3, -0.25) is 4.79 Å². The summed E-state index contributed by atoms with van der Waals surface area (Å²) in [7, 11) is 1.89. The van der Waals surface area contributed by atoms with Gasteiger partial charge >= 0.3 is 0 Å². The number of carbonyl (C=O) groups excluding carboxylic acids is 1. The number of rotatable bonds is 2. The lowest BCUT2D eigenvalue weighted by molar-refractivity contribution is -0.134. The smallest absolute Gasteiger partial charge is 0.240 e. The molecule has 0 aliphatic carbocycles. The third-order valence-electron chi connectivity index (χ3n) is 4.18. The van der Waals surface area contributed by atoms with Crippen molar-refractivity contribution in [1.82, 2.24) is 10.2 Å². The van der Waals surface area contributed by atoms with Gasteiger partial charge < -0.3 is 15.0 Å². The summed E-state index contributed by atoms with van der Waals surface area (Å²) in [6.07, 6.45) is 1.73. The van der Waals surface area contributed by atoms with Crippen molar-refractivity contribution in [3.05, 3.63) is 35.4 Å². The van der Waals surface area contributed by atoms with Crippen LogP contribution >= 0.6 is 0 Å². The minimum absolute atomic E-state index is 0.0968. The fourth-order valence-electron chi connectivity index (χ4n) is 2.88. The van der Waals surface area contributed by atoms with E-state index in [2.05, 4.69) is 17.4 Å². The molecule has 19 heavy (non-hydrogen) atoms. The zero-order chi connectivity index (χ0) is 13.2. The summed E-state index contributed by atoms with van der Waals surface area (Å²) < 4.78 is 5.36. The zero-order valence-corrected chi connectivity index (χ0v) is 11.3. The Kier molecular flexibility index (Phi) is 3.53. The molecule has 0 spiro atoms. The molecule has 0 bridgehead atoms. The highest BCUT2D eigenvalue weighted by Gasteiger charge is 2.31. The number of ether oxygens (including phenoxy) is 1. The number of nitrogens with one attached hydrogen (secondary N) is 1. The average molecular weight is 260 g/mol. The fraction of sp³-hybridized carbons (Fsp3) is 0.533. The van der Waals surface area contributed by atoms with Gasteiger partial charge in [0.25, 0.3) is 0 Å². The van der Waals surface area contributed by atoms with Gasteiger partial charge in [-0.25, -0.2) is 0 Å². The van der Waals surface area contributed by atoms with Crippen LogP contribution in [0.2, 0.25) is 0 Å². The number of benzene rings is 1. The van der Waals surface area contributed by atoms with E-state index >= 15 is 0 Å². The molecular formula is C15H20N2O2. The molecule has 3 rings (SSSR count). The van der Waals surface area contributed by atoms with Crippen LogP contribution in [0, 0.1) is 0 Å². The maximum atomic E-state index is 12.5. The van der Waals surface area contributed by atoms with Gasteiger partial charge in [0.05, 0.1) is 18.7 Å². The average Bonchev–Trinajstić information content (AvgIpc) is 2.99. The molecule has 102 valence electrons. The second-order valence-electron chi connectivity index (χ2n) is 5.37. The van der Waals surface area contributed by atoms with Crippen LogP contribution in [0.25, 0.3) is 0 Å².